The maximum absolute atomic E-state index is 12.2. The van der Waals surface area contributed by atoms with Gasteiger partial charge in [0.15, 0.2) is 0 Å². The van der Waals surface area contributed by atoms with E-state index in [2.05, 4.69) is 52.0 Å². The molecule has 0 saturated heterocycles. The van der Waals surface area contributed by atoms with E-state index in [4.69, 9.17) is 9.47 Å². The topological polar surface area (TPSA) is 52.6 Å². The molecule has 2 rings (SSSR count). The summed E-state index contributed by atoms with van der Waals surface area (Å²) in [6, 6.07) is 20.5. The molecule has 2 aromatic carbocycles. The minimum Gasteiger partial charge on any atom is -0.465 e. The molecule has 0 aliphatic rings. The quantitative estimate of drug-likeness (QED) is 0.366. The number of carbonyl (C=O) groups is 2. The van der Waals surface area contributed by atoms with Gasteiger partial charge in [-0.3, -0.25) is 9.59 Å². The molecule has 0 spiro atoms. The number of hydrogen-bond acceptors (Lipinski definition) is 4. The minimum atomic E-state index is -0.342. The van der Waals surface area contributed by atoms with E-state index in [1.54, 1.807) is 0 Å². The predicted molar refractivity (Wildman–Crippen MR) is 128 cm³/mol. The highest BCUT2D eigenvalue weighted by molar-refractivity contribution is 5.77. The number of ether oxygens (including phenoxy) is 2. The van der Waals surface area contributed by atoms with E-state index in [0.717, 1.165) is 12.8 Å². The van der Waals surface area contributed by atoms with Gasteiger partial charge in [-0.2, -0.15) is 0 Å². The van der Waals surface area contributed by atoms with Gasteiger partial charge < -0.3 is 9.47 Å². The fourth-order valence-corrected chi connectivity index (χ4v) is 3.56. The lowest BCUT2D eigenvalue weighted by atomic mass is 9.90. The summed E-state index contributed by atoms with van der Waals surface area (Å²) in [5, 5.41) is 0. The van der Waals surface area contributed by atoms with Crippen LogP contribution in [0.2, 0.25) is 0 Å². The van der Waals surface area contributed by atoms with E-state index in [1.807, 2.05) is 36.4 Å². The summed E-state index contributed by atoms with van der Waals surface area (Å²) in [4.78, 5) is 24.4. The van der Waals surface area contributed by atoms with Crippen LogP contribution in [0.4, 0.5) is 0 Å². The lowest BCUT2D eigenvalue weighted by Crippen LogP contribution is -2.23. The van der Waals surface area contributed by atoms with E-state index < -0.39 is 0 Å². The summed E-state index contributed by atoms with van der Waals surface area (Å²) in [5.41, 5.74) is 2.47. The molecule has 32 heavy (non-hydrogen) atoms. The van der Waals surface area contributed by atoms with E-state index in [1.165, 1.54) is 11.1 Å². The van der Waals surface area contributed by atoms with Gasteiger partial charge in [-0.05, 0) is 47.6 Å². The van der Waals surface area contributed by atoms with Crippen LogP contribution in [0.15, 0.2) is 60.7 Å². The van der Waals surface area contributed by atoms with Gasteiger partial charge in [0.2, 0.25) is 0 Å². The van der Waals surface area contributed by atoms with Gasteiger partial charge in [0.25, 0.3) is 0 Å². The van der Waals surface area contributed by atoms with Crippen molar-refractivity contribution in [3.05, 3.63) is 71.8 Å². The number of esters is 2. The lowest BCUT2D eigenvalue weighted by molar-refractivity contribution is -0.152. The Bertz CT molecular complexity index is 729. The second kappa shape index (κ2) is 13.7. The molecule has 0 aliphatic heterocycles. The molecule has 0 saturated carbocycles. The molecular formula is C28H38O4. The van der Waals surface area contributed by atoms with Crippen molar-refractivity contribution < 1.29 is 19.1 Å². The molecule has 0 heterocycles. The van der Waals surface area contributed by atoms with Gasteiger partial charge >= 0.3 is 11.9 Å². The molecule has 0 radical (unpaired) electrons. The molecule has 2 atom stereocenters. The molecule has 0 fully saturated rings. The van der Waals surface area contributed by atoms with Crippen LogP contribution in [0.3, 0.4) is 0 Å². The van der Waals surface area contributed by atoms with Gasteiger partial charge in [0.1, 0.15) is 0 Å². The summed E-state index contributed by atoms with van der Waals surface area (Å²) >= 11 is 0. The average molecular weight is 439 g/mol. The molecule has 4 heteroatoms. The summed E-state index contributed by atoms with van der Waals surface area (Å²) in [7, 11) is 0. The molecule has 0 bridgehead atoms. The van der Waals surface area contributed by atoms with Crippen molar-refractivity contribution in [2.75, 3.05) is 13.2 Å². The van der Waals surface area contributed by atoms with Crippen LogP contribution in [0, 0.1) is 23.7 Å². The number of carbonyl (C=O) groups excluding carboxylic acids is 2. The van der Waals surface area contributed by atoms with Crippen LogP contribution < -0.4 is 0 Å². The van der Waals surface area contributed by atoms with E-state index in [0.29, 0.717) is 25.0 Å². The highest BCUT2D eigenvalue weighted by Gasteiger charge is 2.19. The third-order valence-corrected chi connectivity index (χ3v) is 6.02. The number of hydrogen-bond donors (Lipinski definition) is 0. The van der Waals surface area contributed by atoms with Crippen molar-refractivity contribution in [3.8, 4) is 0 Å². The molecule has 0 aliphatic carbocycles. The Morgan fingerprint density at radius 3 is 1.28 bits per heavy atom. The van der Waals surface area contributed by atoms with Crippen molar-refractivity contribution >= 4 is 11.9 Å². The number of benzene rings is 2. The maximum Gasteiger partial charge on any atom is 0.306 e. The highest BCUT2D eigenvalue weighted by atomic mass is 16.5. The van der Waals surface area contributed by atoms with Gasteiger partial charge in [0.05, 0.1) is 26.1 Å². The Morgan fingerprint density at radius 1 is 0.625 bits per heavy atom. The van der Waals surface area contributed by atoms with Gasteiger partial charge in [-0.1, -0.05) is 88.4 Å². The fourth-order valence-electron chi connectivity index (χ4n) is 3.56. The molecule has 174 valence electrons. The first-order valence-corrected chi connectivity index (χ1v) is 11.7. The van der Waals surface area contributed by atoms with Crippen molar-refractivity contribution in [1.29, 1.82) is 0 Å². The van der Waals surface area contributed by atoms with Crippen LogP contribution >= 0.6 is 0 Å². The van der Waals surface area contributed by atoms with Crippen LogP contribution in [0.5, 0.6) is 0 Å². The SMILES string of the molecule is CC(C)C(COC(=O)CCC(=O)OCC(Cc1ccccc1)C(C)C)Cc1ccccc1. The third-order valence-electron chi connectivity index (χ3n) is 6.02. The summed E-state index contributed by atoms with van der Waals surface area (Å²) in [6.45, 7) is 9.29. The molecule has 2 aromatic rings. The Morgan fingerprint density at radius 2 is 0.969 bits per heavy atom. The standard InChI is InChI=1S/C28H38O4/c1-21(2)25(17-23-11-7-5-8-12-23)19-31-27(29)15-16-28(30)32-20-26(22(3)4)18-24-13-9-6-10-14-24/h5-14,21-22,25-26H,15-20H2,1-4H3. The summed E-state index contributed by atoms with van der Waals surface area (Å²) in [5.74, 6) is 0.600. The lowest BCUT2D eigenvalue weighted by Gasteiger charge is -2.21. The summed E-state index contributed by atoms with van der Waals surface area (Å²) in [6.07, 6.45) is 1.84. The first kappa shape index (κ1) is 25.6. The Kier molecular flexibility index (Phi) is 11.0. The van der Waals surface area contributed by atoms with E-state index in [9.17, 15) is 9.59 Å². The van der Waals surface area contributed by atoms with Crippen molar-refractivity contribution in [2.24, 2.45) is 23.7 Å². The van der Waals surface area contributed by atoms with Crippen LogP contribution in [0.1, 0.15) is 51.7 Å². The molecular weight excluding hydrogens is 400 g/mol. The average Bonchev–Trinajstić information content (AvgIpc) is 2.78. The van der Waals surface area contributed by atoms with E-state index >= 15 is 0 Å². The van der Waals surface area contributed by atoms with Crippen LogP contribution in [-0.4, -0.2) is 25.2 Å². The van der Waals surface area contributed by atoms with Crippen LogP contribution in [0.25, 0.3) is 0 Å². The zero-order chi connectivity index (χ0) is 23.3. The molecule has 2 unspecified atom stereocenters. The Labute approximate surface area is 193 Å². The zero-order valence-corrected chi connectivity index (χ0v) is 20.0. The highest BCUT2D eigenvalue weighted by Crippen LogP contribution is 2.19. The van der Waals surface area contributed by atoms with Crippen molar-refractivity contribution in [3.63, 3.8) is 0 Å². The van der Waals surface area contributed by atoms with Gasteiger partial charge in [0, 0.05) is 0 Å². The minimum absolute atomic E-state index is 0.0556. The summed E-state index contributed by atoms with van der Waals surface area (Å²) < 4.78 is 11.0. The molecule has 0 N–H and O–H groups in total. The molecule has 0 amide bonds. The van der Waals surface area contributed by atoms with Gasteiger partial charge in [-0.25, -0.2) is 0 Å². The monoisotopic (exact) mass is 438 g/mol. The van der Waals surface area contributed by atoms with Crippen molar-refractivity contribution in [2.45, 2.75) is 53.4 Å². The smallest absolute Gasteiger partial charge is 0.306 e. The van der Waals surface area contributed by atoms with Gasteiger partial charge in [-0.15, -0.1) is 0 Å². The first-order chi connectivity index (χ1) is 15.3. The largest absolute Gasteiger partial charge is 0.465 e. The van der Waals surface area contributed by atoms with Crippen LogP contribution in [-0.2, 0) is 31.9 Å². The molecule has 4 nitrogen and oxygen atoms in total. The second-order valence-electron chi connectivity index (χ2n) is 9.25. The van der Waals surface area contributed by atoms with E-state index in [-0.39, 0.29) is 36.6 Å². The fraction of sp³-hybridized carbons (Fsp3) is 0.500. The first-order valence-electron chi connectivity index (χ1n) is 11.7. The van der Waals surface area contributed by atoms with Crippen molar-refractivity contribution in [1.82, 2.24) is 0 Å². The predicted octanol–water partition coefficient (Wildman–Crippen LogP) is 5.88. The molecule has 0 aromatic heterocycles. The normalized spacial score (nSPS) is 13.1. The zero-order valence-electron chi connectivity index (χ0n) is 20.0. The second-order valence-corrected chi connectivity index (χ2v) is 9.25. The Hall–Kier alpha value is -2.62. The Balaban J connectivity index is 1.71. The number of rotatable bonds is 13. The maximum atomic E-state index is 12.2. The third kappa shape index (κ3) is 9.67.